The van der Waals surface area contributed by atoms with Crippen LogP contribution < -0.4 is 5.32 Å². The van der Waals surface area contributed by atoms with Crippen molar-refractivity contribution < 1.29 is 4.79 Å². The van der Waals surface area contributed by atoms with E-state index >= 15 is 0 Å². The molecule has 0 saturated carbocycles. The molecule has 1 aliphatic heterocycles. The minimum absolute atomic E-state index is 0.0757. The summed E-state index contributed by atoms with van der Waals surface area (Å²) in [6.45, 7) is 2.33. The van der Waals surface area contributed by atoms with E-state index in [-0.39, 0.29) is 12.3 Å². The number of nitrogens with zero attached hydrogens (tertiary/aromatic N) is 5. The predicted molar refractivity (Wildman–Crippen MR) is 85.9 cm³/mol. The van der Waals surface area contributed by atoms with Crippen molar-refractivity contribution in [3.8, 4) is 17.1 Å². The van der Waals surface area contributed by atoms with Gasteiger partial charge in [-0.3, -0.25) is 9.36 Å². The van der Waals surface area contributed by atoms with Crippen LogP contribution in [0.4, 0.5) is 5.69 Å². The molecule has 4 rings (SSSR count). The number of imidazole rings is 1. The number of Topliss-reactive ketones (excluding diaryl/α,β-unsaturated/α-hetero) is 1. The van der Waals surface area contributed by atoms with Gasteiger partial charge in [-0.15, -0.1) is 0 Å². The van der Waals surface area contributed by atoms with E-state index in [9.17, 15) is 4.79 Å². The van der Waals surface area contributed by atoms with Gasteiger partial charge in [-0.2, -0.15) is 5.10 Å². The third-order valence-corrected chi connectivity index (χ3v) is 4.08. The largest absolute Gasteiger partial charge is 0.378 e. The van der Waals surface area contributed by atoms with Crippen molar-refractivity contribution in [2.45, 2.75) is 13.5 Å². The number of hydrogen-bond acceptors (Lipinski definition) is 5. The van der Waals surface area contributed by atoms with E-state index in [1.54, 1.807) is 17.9 Å². The van der Waals surface area contributed by atoms with Crippen LogP contribution in [0.15, 0.2) is 30.9 Å². The summed E-state index contributed by atoms with van der Waals surface area (Å²) in [7, 11) is 0. The first-order chi connectivity index (χ1) is 11.1. The molecule has 1 N–H and O–H groups in total. The van der Waals surface area contributed by atoms with Gasteiger partial charge in [0.2, 0.25) is 0 Å². The molecule has 8 heteroatoms. The molecule has 7 nitrogen and oxygen atoms in total. The van der Waals surface area contributed by atoms with Crippen LogP contribution in [0.25, 0.3) is 17.1 Å². The summed E-state index contributed by atoms with van der Waals surface area (Å²) in [5.41, 5.74) is 3.55. The normalized spacial score (nSPS) is 12.1. The van der Waals surface area contributed by atoms with Gasteiger partial charge in [-0.05, 0) is 25.1 Å². The summed E-state index contributed by atoms with van der Waals surface area (Å²) in [6, 6.07) is 5.84. The number of hydrogen-bond donors (Lipinski definition) is 1. The summed E-state index contributed by atoms with van der Waals surface area (Å²) in [5, 5.41) is 7.84. The van der Waals surface area contributed by atoms with Crippen molar-refractivity contribution in [1.82, 2.24) is 24.3 Å². The van der Waals surface area contributed by atoms with E-state index in [1.807, 2.05) is 22.8 Å². The fraction of sp³-hybridized carbons (Fsp3) is 0.200. The molecule has 0 radical (unpaired) electrons. The second kappa shape index (κ2) is 5.20. The molecule has 1 aliphatic rings. The Bertz CT molecular complexity index is 913. The van der Waals surface area contributed by atoms with Crippen LogP contribution in [0.5, 0.6) is 0 Å². The van der Waals surface area contributed by atoms with Gasteiger partial charge in [-0.25, -0.2) is 14.6 Å². The van der Waals surface area contributed by atoms with Crippen LogP contribution in [-0.4, -0.2) is 36.6 Å². The Balaban J connectivity index is 1.89. The molecule has 2 aromatic heterocycles. The highest BCUT2D eigenvalue weighted by molar-refractivity contribution is 6.30. The maximum atomic E-state index is 11.2. The zero-order valence-electron chi connectivity index (χ0n) is 12.3. The standard InChI is InChI=1S/C15H13ClN6O/c1-9(23)5-17-10-2-3-12-11(4-10)15-18-7-20-22(15)6-13-14(16)19-8-21(12)13/h2-4,7-8,17H,5-6H2,1H3. The van der Waals surface area contributed by atoms with Gasteiger partial charge in [0.15, 0.2) is 11.0 Å². The number of benzene rings is 1. The molecule has 0 saturated heterocycles. The zero-order valence-corrected chi connectivity index (χ0v) is 13.1. The summed E-state index contributed by atoms with van der Waals surface area (Å²) in [4.78, 5) is 19.7. The summed E-state index contributed by atoms with van der Waals surface area (Å²) < 4.78 is 3.74. The molecule has 1 aromatic carbocycles. The Kier molecular flexibility index (Phi) is 3.16. The Hall–Kier alpha value is -2.67. The summed E-state index contributed by atoms with van der Waals surface area (Å²) in [5.74, 6) is 0.832. The number of rotatable bonds is 3. The average Bonchev–Trinajstić information content (AvgIpc) is 3.11. The van der Waals surface area contributed by atoms with Gasteiger partial charge in [-0.1, -0.05) is 11.6 Å². The predicted octanol–water partition coefficient (Wildman–Crippen LogP) is 2.15. The second-order valence-electron chi connectivity index (χ2n) is 5.38. The van der Waals surface area contributed by atoms with Crippen LogP contribution in [0.1, 0.15) is 12.6 Å². The van der Waals surface area contributed by atoms with Crippen molar-refractivity contribution in [3.63, 3.8) is 0 Å². The van der Waals surface area contributed by atoms with E-state index in [0.717, 1.165) is 28.5 Å². The summed E-state index contributed by atoms with van der Waals surface area (Å²) >= 11 is 6.20. The van der Waals surface area contributed by atoms with Crippen molar-refractivity contribution in [2.75, 3.05) is 11.9 Å². The monoisotopic (exact) mass is 328 g/mol. The Labute approximate surface area is 136 Å². The minimum Gasteiger partial charge on any atom is -0.378 e. The molecular formula is C15H13ClN6O. The van der Waals surface area contributed by atoms with Gasteiger partial charge in [0.1, 0.15) is 18.4 Å². The number of nitrogens with one attached hydrogen (secondary N) is 1. The fourth-order valence-electron chi connectivity index (χ4n) is 2.69. The Morgan fingerprint density at radius 3 is 3.09 bits per heavy atom. The maximum absolute atomic E-state index is 11.2. The van der Waals surface area contributed by atoms with Crippen LogP contribution in [-0.2, 0) is 11.3 Å². The molecule has 0 spiro atoms. The van der Waals surface area contributed by atoms with E-state index in [2.05, 4.69) is 20.4 Å². The molecule has 3 heterocycles. The zero-order chi connectivity index (χ0) is 16.0. The molecule has 0 atom stereocenters. The van der Waals surface area contributed by atoms with Crippen molar-refractivity contribution in [2.24, 2.45) is 0 Å². The molecular weight excluding hydrogens is 316 g/mol. The molecule has 0 amide bonds. The third kappa shape index (κ3) is 2.29. The molecule has 116 valence electrons. The number of fused-ring (bicyclic) bond motifs is 5. The highest BCUT2D eigenvalue weighted by Gasteiger charge is 2.23. The second-order valence-corrected chi connectivity index (χ2v) is 5.74. The van der Waals surface area contributed by atoms with Crippen molar-refractivity contribution >= 4 is 23.1 Å². The lowest BCUT2D eigenvalue weighted by Gasteiger charge is -2.11. The average molecular weight is 329 g/mol. The quantitative estimate of drug-likeness (QED) is 0.623. The van der Waals surface area contributed by atoms with E-state index in [4.69, 9.17) is 11.6 Å². The Morgan fingerprint density at radius 2 is 2.26 bits per heavy atom. The van der Waals surface area contributed by atoms with Gasteiger partial charge in [0.05, 0.1) is 24.5 Å². The lowest BCUT2D eigenvalue weighted by atomic mass is 10.1. The number of ketones is 1. The van der Waals surface area contributed by atoms with E-state index in [0.29, 0.717) is 11.7 Å². The number of carbonyl (C=O) groups is 1. The van der Waals surface area contributed by atoms with Crippen LogP contribution in [0.3, 0.4) is 0 Å². The smallest absolute Gasteiger partial charge is 0.160 e. The number of anilines is 1. The highest BCUT2D eigenvalue weighted by Crippen LogP contribution is 2.33. The van der Waals surface area contributed by atoms with Gasteiger partial charge in [0, 0.05) is 11.3 Å². The van der Waals surface area contributed by atoms with E-state index in [1.165, 1.54) is 6.33 Å². The first-order valence-corrected chi connectivity index (χ1v) is 7.49. The van der Waals surface area contributed by atoms with Crippen LogP contribution in [0, 0.1) is 0 Å². The van der Waals surface area contributed by atoms with Gasteiger partial charge >= 0.3 is 0 Å². The van der Waals surface area contributed by atoms with Gasteiger partial charge < -0.3 is 5.32 Å². The SMILES string of the molecule is CC(=O)CNc1ccc2c(c1)-c1ncnn1Cc1c(Cl)ncn1-2. The van der Waals surface area contributed by atoms with Crippen LogP contribution >= 0.6 is 11.6 Å². The lowest BCUT2D eigenvalue weighted by molar-refractivity contribution is -0.115. The van der Waals surface area contributed by atoms with Gasteiger partial charge in [0.25, 0.3) is 0 Å². The number of halogens is 1. The Morgan fingerprint density at radius 1 is 1.39 bits per heavy atom. The van der Waals surface area contributed by atoms with Crippen molar-refractivity contribution in [3.05, 3.63) is 41.7 Å². The fourth-order valence-corrected chi connectivity index (χ4v) is 2.89. The first-order valence-electron chi connectivity index (χ1n) is 7.11. The number of aromatic nitrogens is 5. The highest BCUT2D eigenvalue weighted by atomic mass is 35.5. The molecule has 0 aliphatic carbocycles. The lowest BCUT2D eigenvalue weighted by Crippen LogP contribution is -2.10. The third-order valence-electron chi connectivity index (χ3n) is 3.77. The number of carbonyl (C=O) groups excluding carboxylic acids is 1. The topological polar surface area (TPSA) is 77.6 Å². The maximum Gasteiger partial charge on any atom is 0.160 e. The van der Waals surface area contributed by atoms with E-state index < -0.39 is 0 Å². The molecule has 0 unspecified atom stereocenters. The van der Waals surface area contributed by atoms with Crippen molar-refractivity contribution in [1.29, 1.82) is 0 Å². The molecule has 0 fully saturated rings. The minimum atomic E-state index is 0.0757. The molecule has 23 heavy (non-hydrogen) atoms. The van der Waals surface area contributed by atoms with Crippen LogP contribution in [0.2, 0.25) is 5.15 Å². The first kappa shape index (κ1) is 14.0. The molecule has 0 bridgehead atoms. The summed E-state index contributed by atoms with van der Waals surface area (Å²) in [6.07, 6.45) is 3.22. The molecule has 3 aromatic rings.